The Labute approximate surface area is 194 Å². The van der Waals surface area contributed by atoms with Crippen LogP contribution in [0.5, 0.6) is 5.75 Å². The molecule has 0 aromatic heterocycles. The highest BCUT2D eigenvalue weighted by Gasteiger charge is 2.31. The highest BCUT2D eigenvalue weighted by atomic mass is 32.2. The minimum absolute atomic E-state index is 0.109. The van der Waals surface area contributed by atoms with Gasteiger partial charge in [0.2, 0.25) is 10.0 Å². The van der Waals surface area contributed by atoms with E-state index in [2.05, 4.69) is 10.6 Å². The van der Waals surface area contributed by atoms with E-state index >= 15 is 0 Å². The van der Waals surface area contributed by atoms with Crippen molar-refractivity contribution in [3.05, 3.63) is 54.1 Å². The average Bonchev–Trinajstić information content (AvgIpc) is 3.00. The van der Waals surface area contributed by atoms with Crippen molar-refractivity contribution < 1.29 is 22.7 Å². The van der Waals surface area contributed by atoms with Crippen molar-refractivity contribution in [1.29, 1.82) is 0 Å². The fraction of sp³-hybridized carbons (Fsp3) is 0.417. The Bertz CT molecular complexity index is 1130. The van der Waals surface area contributed by atoms with Crippen molar-refractivity contribution in [2.75, 3.05) is 22.4 Å². The van der Waals surface area contributed by atoms with Crippen LogP contribution in [0.4, 0.5) is 11.4 Å². The van der Waals surface area contributed by atoms with Gasteiger partial charge in [-0.3, -0.25) is 13.9 Å². The van der Waals surface area contributed by atoms with E-state index in [4.69, 9.17) is 4.74 Å². The van der Waals surface area contributed by atoms with Crippen molar-refractivity contribution in [2.45, 2.75) is 50.7 Å². The zero-order chi connectivity index (χ0) is 23.4. The van der Waals surface area contributed by atoms with Gasteiger partial charge >= 0.3 is 0 Å². The summed E-state index contributed by atoms with van der Waals surface area (Å²) in [6.45, 7) is 0.109. The summed E-state index contributed by atoms with van der Waals surface area (Å²) in [4.78, 5) is 26.0. The van der Waals surface area contributed by atoms with Crippen LogP contribution in [0.2, 0.25) is 0 Å². The topological polar surface area (TPSA) is 105 Å². The van der Waals surface area contributed by atoms with Gasteiger partial charge in [0.05, 0.1) is 23.2 Å². The van der Waals surface area contributed by atoms with Gasteiger partial charge in [-0.25, -0.2) is 8.42 Å². The molecule has 2 amide bonds. The maximum absolute atomic E-state index is 13.1. The van der Waals surface area contributed by atoms with Gasteiger partial charge in [0.25, 0.3) is 11.8 Å². The Balaban J connectivity index is 1.50. The normalized spacial score (nSPS) is 19.1. The third kappa shape index (κ3) is 5.47. The van der Waals surface area contributed by atoms with Crippen molar-refractivity contribution in [2.24, 2.45) is 0 Å². The van der Waals surface area contributed by atoms with E-state index in [1.165, 1.54) is 10.7 Å². The summed E-state index contributed by atoms with van der Waals surface area (Å²) in [5.41, 5.74) is 1.20. The lowest BCUT2D eigenvalue weighted by molar-refractivity contribution is -0.122. The quantitative estimate of drug-likeness (QED) is 0.696. The molecule has 176 valence electrons. The van der Waals surface area contributed by atoms with Gasteiger partial charge in [-0.05, 0) is 37.1 Å². The second kappa shape index (κ2) is 9.82. The van der Waals surface area contributed by atoms with Crippen molar-refractivity contribution >= 4 is 33.2 Å². The number of fused-ring (bicyclic) bond motifs is 1. The number of nitrogens with zero attached hydrogens (tertiary/aromatic N) is 1. The van der Waals surface area contributed by atoms with Crippen LogP contribution >= 0.6 is 0 Å². The van der Waals surface area contributed by atoms with Crippen LogP contribution in [-0.2, 0) is 14.8 Å². The molecule has 1 aliphatic heterocycles. The summed E-state index contributed by atoms with van der Waals surface area (Å²) >= 11 is 0. The van der Waals surface area contributed by atoms with E-state index < -0.39 is 22.0 Å². The Morgan fingerprint density at radius 3 is 2.42 bits per heavy atom. The summed E-state index contributed by atoms with van der Waals surface area (Å²) < 4.78 is 31.7. The molecule has 1 aliphatic carbocycles. The molecular weight excluding hydrogens is 442 g/mol. The summed E-state index contributed by atoms with van der Waals surface area (Å²) in [5, 5.41) is 5.90. The van der Waals surface area contributed by atoms with Crippen LogP contribution in [0.25, 0.3) is 0 Å². The second-order valence-corrected chi connectivity index (χ2v) is 10.4. The van der Waals surface area contributed by atoms with Gasteiger partial charge in [-0.2, -0.15) is 0 Å². The highest BCUT2D eigenvalue weighted by molar-refractivity contribution is 7.92. The van der Waals surface area contributed by atoms with E-state index in [0.717, 1.165) is 31.9 Å². The Morgan fingerprint density at radius 1 is 0.970 bits per heavy atom. The van der Waals surface area contributed by atoms with Gasteiger partial charge in [-0.15, -0.1) is 0 Å². The third-order valence-electron chi connectivity index (χ3n) is 6.06. The Kier molecular flexibility index (Phi) is 6.88. The summed E-state index contributed by atoms with van der Waals surface area (Å²) in [6, 6.07) is 13.8. The van der Waals surface area contributed by atoms with Gasteiger partial charge in [0.1, 0.15) is 5.75 Å². The molecule has 1 atom stereocenters. The van der Waals surface area contributed by atoms with Gasteiger partial charge in [0, 0.05) is 19.0 Å². The smallest absolute Gasteiger partial charge is 0.265 e. The molecule has 0 radical (unpaired) electrons. The number of para-hydroxylation sites is 3. The lowest BCUT2D eigenvalue weighted by Crippen LogP contribution is -2.38. The number of anilines is 2. The predicted molar refractivity (Wildman–Crippen MR) is 127 cm³/mol. The molecule has 1 heterocycles. The fourth-order valence-corrected chi connectivity index (χ4v) is 5.32. The number of carbonyl (C=O) groups excluding carboxylic acids is 2. The van der Waals surface area contributed by atoms with Crippen LogP contribution in [0, 0.1) is 0 Å². The molecular formula is C24H29N3O5S. The highest BCUT2D eigenvalue weighted by Crippen LogP contribution is 2.34. The lowest BCUT2D eigenvalue weighted by Gasteiger charge is -2.23. The monoisotopic (exact) mass is 471 g/mol. The molecule has 0 saturated heterocycles. The van der Waals surface area contributed by atoms with Crippen LogP contribution in [-0.4, -0.2) is 45.2 Å². The molecule has 0 spiro atoms. The summed E-state index contributed by atoms with van der Waals surface area (Å²) in [7, 11) is -3.53. The maximum atomic E-state index is 13.1. The standard InChI is InChI=1S/C24H29N3O5S/c1-33(30,31)27-16-15-22(32-21-14-8-7-13-20(21)27)24(29)26-19-12-6-5-11-18(19)23(28)25-17-9-3-2-4-10-17/h5-8,11-14,17,22H,2-4,9-10,15-16H2,1H3,(H,25,28)(H,26,29)/t22-/m0/s1. The van der Waals surface area contributed by atoms with E-state index in [1.54, 1.807) is 48.5 Å². The van der Waals surface area contributed by atoms with Gasteiger partial charge < -0.3 is 15.4 Å². The first-order valence-corrected chi connectivity index (χ1v) is 13.1. The van der Waals surface area contributed by atoms with E-state index in [0.29, 0.717) is 22.7 Å². The number of benzene rings is 2. The third-order valence-corrected chi connectivity index (χ3v) is 7.24. The number of hydrogen-bond donors (Lipinski definition) is 2. The molecule has 9 heteroatoms. The first-order valence-electron chi connectivity index (χ1n) is 11.3. The molecule has 8 nitrogen and oxygen atoms in total. The SMILES string of the molecule is CS(=O)(=O)N1CC[C@@H](C(=O)Nc2ccccc2C(=O)NC2CCCCC2)Oc2ccccc21. The van der Waals surface area contributed by atoms with Gasteiger partial charge in [0.15, 0.2) is 6.10 Å². The van der Waals surface area contributed by atoms with Crippen LogP contribution in [0.3, 0.4) is 0 Å². The number of ether oxygens (including phenoxy) is 1. The molecule has 0 unspecified atom stereocenters. The number of amides is 2. The minimum atomic E-state index is -3.53. The van der Waals surface area contributed by atoms with Crippen molar-refractivity contribution in [3.63, 3.8) is 0 Å². The zero-order valence-electron chi connectivity index (χ0n) is 18.6. The summed E-state index contributed by atoms with van der Waals surface area (Å²) in [5.74, 6) is -0.324. The van der Waals surface area contributed by atoms with Crippen LogP contribution < -0.4 is 19.7 Å². The molecule has 2 aromatic rings. The molecule has 2 N–H and O–H groups in total. The first kappa shape index (κ1) is 23.1. The summed E-state index contributed by atoms with van der Waals surface area (Å²) in [6.07, 6.45) is 5.73. The molecule has 4 rings (SSSR count). The van der Waals surface area contributed by atoms with E-state index in [9.17, 15) is 18.0 Å². The predicted octanol–water partition coefficient (Wildman–Crippen LogP) is 3.30. The van der Waals surface area contributed by atoms with Crippen molar-refractivity contribution in [1.82, 2.24) is 5.32 Å². The molecule has 2 aliphatic rings. The molecule has 1 saturated carbocycles. The lowest BCUT2D eigenvalue weighted by atomic mass is 9.95. The second-order valence-electron chi connectivity index (χ2n) is 8.54. The number of hydrogen-bond acceptors (Lipinski definition) is 5. The average molecular weight is 472 g/mol. The number of carbonyl (C=O) groups is 2. The molecule has 2 aromatic carbocycles. The number of rotatable bonds is 5. The Hall–Kier alpha value is -3.07. The van der Waals surface area contributed by atoms with Crippen LogP contribution in [0.15, 0.2) is 48.5 Å². The van der Waals surface area contributed by atoms with E-state index in [-0.39, 0.29) is 24.9 Å². The molecule has 1 fully saturated rings. The minimum Gasteiger partial charge on any atom is -0.478 e. The molecule has 33 heavy (non-hydrogen) atoms. The zero-order valence-corrected chi connectivity index (χ0v) is 19.4. The Morgan fingerprint density at radius 2 is 1.67 bits per heavy atom. The molecule has 0 bridgehead atoms. The van der Waals surface area contributed by atoms with Crippen molar-refractivity contribution in [3.8, 4) is 5.75 Å². The fourth-order valence-electron chi connectivity index (χ4n) is 4.37. The largest absolute Gasteiger partial charge is 0.478 e. The first-order chi connectivity index (χ1) is 15.8. The van der Waals surface area contributed by atoms with E-state index in [1.807, 2.05) is 0 Å². The number of sulfonamides is 1. The maximum Gasteiger partial charge on any atom is 0.265 e. The number of nitrogens with one attached hydrogen (secondary N) is 2. The van der Waals surface area contributed by atoms with Gasteiger partial charge in [-0.1, -0.05) is 43.5 Å². The van der Waals surface area contributed by atoms with Crippen LogP contribution in [0.1, 0.15) is 48.9 Å².